The van der Waals surface area contributed by atoms with Crippen molar-refractivity contribution < 1.29 is 13.2 Å². The fourth-order valence-corrected chi connectivity index (χ4v) is 5.84. The largest absolute Gasteiger partial charge is 0.483 e. The zero-order chi connectivity index (χ0) is 23.6. The third-order valence-corrected chi connectivity index (χ3v) is 7.73. The molecule has 0 fully saturated rings. The van der Waals surface area contributed by atoms with Gasteiger partial charge in [0, 0.05) is 17.0 Å². The van der Waals surface area contributed by atoms with Gasteiger partial charge in [0.25, 0.3) is 15.6 Å². The van der Waals surface area contributed by atoms with E-state index in [1.807, 2.05) is 30.3 Å². The molecule has 0 atom stereocenters. The van der Waals surface area contributed by atoms with Crippen molar-refractivity contribution in [3.05, 3.63) is 87.7 Å². The minimum Gasteiger partial charge on any atom is -0.483 e. The number of nitrogens with one attached hydrogen (secondary N) is 1. The maximum absolute atomic E-state index is 13.4. The summed E-state index contributed by atoms with van der Waals surface area (Å²) < 4.78 is 36.4. The number of aromatic nitrogens is 2. The first-order chi connectivity index (χ1) is 15.8. The van der Waals surface area contributed by atoms with E-state index in [0.29, 0.717) is 32.1 Å². The summed E-state index contributed by atoms with van der Waals surface area (Å²) in [6.45, 7) is 1.72. The van der Waals surface area contributed by atoms with E-state index in [-0.39, 0.29) is 16.8 Å². The molecular weight excluding hydrogens is 482 g/mol. The van der Waals surface area contributed by atoms with Gasteiger partial charge in [-0.1, -0.05) is 53.7 Å². The molecule has 33 heavy (non-hydrogen) atoms. The molecule has 0 amide bonds. The normalized spacial score (nSPS) is 11.5. The van der Waals surface area contributed by atoms with Crippen molar-refractivity contribution in [2.24, 2.45) is 7.05 Å². The number of thioether (sulfide) groups is 1. The Hall–Kier alpha value is -3.01. The Bertz CT molecular complexity index is 1490. The Labute approximate surface area is 200 Å². The molecule has 4 aromatic rings. The smallest absolute Gasteiger partial charge is 0.282 e. The maximum Gasteiger partial charge on any atom is 0.282 e. The molecule has 0 aliphatic rings. The first kappa shape index (κ1) is 23.2. The molecule has 4 rings (SSSR count). The summed E-state index contributed by atoms with van der Waals surface area (Å²) in [6.07, 6.45) is 0. The van der Waals surface area contributed by atoms with Gasteiger partial charge in [0.1, 0.15) is 16.6 Å². The van der Waals surface area contributed by atoms with Gasteiger partial charge < -0.3 is 9.30 Å². The third kappa shape index (κ3) is 5.00. The SMILES string of the molecule is Cc1cc(S(=O)(=O)Nc2nc(=O)c3ccccc3n2C)c(SCOc2ccccc2)cc1Cl. The Morgan fingerprint density at radius 1 is 1.09 bits per heavy atom. The van der Waals surface area contributed by atoms with Crippen LogP contribution in [0.3, 0.4) is 0 Å². The third-order valence-electron chi connectivity index (χ3n) is 4.94. The molecule has 1 aromatic heterocycles. The highest BCUT2D eigenvalue weighted by molar-refractivity contribution is 8.00. The van der Waals surface area contributed by atoms with Crippen molar-refractivity contribution in [3.8, 4) is 5.75 Å². The van der Waals surface area contributed by atoms with Gasteiger partial charge in [-0.25, -0.2) is 13.1 Å². The number of anilines is 1. The highest BCUT2D eigenvalue weighted by Gasteiger charge is 2.23. The van der Waals surface area contributed by atoms with Crippen molar-refractivity contribution in [2.75, 3.05) is 10.7 Å². The monoisotopic (exact) mass is 501 g/mol. The van der Waals surface area contributed by atoms with E-state index in [1.54, 1.807) is 44.3 Å². The van der Waals surface area contributed by atoms with E-state index in [4.69, 9.17) is 16.3 Å². The lowest BCUT2D eigenvalue weighted by atomic mass is 10.2. The molecule has 0 saturated carbocycles. The van der Waals surface area contributed by atoms with Gasteiger partial charge in [0.05, 0.1) is 10.9 Å². The van der Waals surface area contributed by atoms with Crippen LogP contribution < -0.4 is 15.0 Å². The Morgan fingerprint density at radius 3 is 2.55 bits per heavy atom. The number of aryl methyl sites for hydroxylation is 2. The number of para-hydroxylation sites is 2. The Balaban J connectivity index is 1.67. The van der Waals surface area contributed by atoms with Crippen molar-refractivity contribution in [1.82, 2.24) is 9.55 Å². The number of rotatable bonds is 7. The predicted molar refractivity (Wildman–Crippen MR) is 132 cm³/mol. The van der Waals surface area contributed by atoms with Crippen LogP contribution in [-0.2, 0) is 17.1 Å². The maximum atomic E-state index is 13.4. The summed E-state index contributed by atoms with van der Waals surface area (Å²) in [5, 5.41) is 0.840. The van der Waals surface area contributed by atoms with E-state index in [1.165, 1.54) is 22.4 Å². The fraction of sp³-hybridized carbons (Fsp3) is 0.130. The van der Waals surface area contributed by atoms with Gasteiger partial charge in [0.2, 0.25) is 5.95 Å². The molecule has 3 aromatic carbocycles. The molecule has 170 valence electrons. The second-order valence-electron chi connectivity index (χ2n) is 7.19. The lowest BCUT2D eigenvalue weighted by Crippen LogP contribution is -2.22. The number of benzene rings is 3. The van der Waals surface area contributed by atoms with Crippen molar-refractivity contribution >= 4 is 50.2 Å². The molecule has 1 N–H and O–H groups in total. The van der Waals surface area contributed by atoms with Gasteiger partial charge in [-0.15, -0.1) is 0 Å². The summed E-state index contributed by atoms with van der Waals surface area (Å²) in [5.74, 6) is 0.766. The minimum absolute atomic E-state index is 0.0217. The van der Waals surface area contributed by atoms with Gasteiger partial charge in [-0.2, -0.15) is 4.98 Å². The lowest BCUT2D eigenvalue weighted by molar-refractivity contribution is 0.393. The van der Waals surface area contributed by atoms with Crippen molar-refractivity contribution in [1.29, 1.82) is 0 Å². The molecule has 0 aliphatic carbocycles. The number of sulfonamides is 1. The van der Waals surface area contributed by atoms with E-state index < -0.39 is 15.6 Å². The van der Waals surface area contributed by atoms with Crippen molar-refractivity contribution in [3.63, 3.8) is 0 Å². The van der Waals surface area contributed by atoms with Crippen LogP contribution in [0.1, 0.15) is 5.56 Å². The lowest BCUT2D eigenvalue weighted by Gasteiger charge is -2.16. The van der Waals surface area contributed by atoms with Gasteiger partial charge >= 0.3 is 0 Å². The molecule has 0 spiro atoms. The average molecular weight is 502 g/mol. The Morgan fingerprint density at radius 2 is 1.79 bits per heavy atom. The molecule has 0 bridgehead atoms. The zero-order valence-electron chi connectivity index (χ0n) is 17.8. The molecule has 0 radical (unpaired) electrons. The van der Waals surface area contributed by atoms with Crippen LogP contribution in [0.5, 0.6) is 5.75 Å². The number of nitrogens with zero attached hydrogens (tertiary/aromatic N) is 2. The summed E-state index contributed by atoms with van der Waals surface area (Å²) in [4.78, 5) is 16.8. The first-order valence-corrected chi connectivity index (χ1v) is 12.7. The van der Waals surface area contributed by atoms with E-state index in [0.717, 1.165) is 0 Å². The quantitative estimate of drug-likeness (QED) is 0.288. The highest BCUT2D eigenvalue weighted by Crippen LogP contribution is 2.33. The predicted octanol–water partition coefficient (Wildman–Crippen LogP) is 4.82. The summed E-state index contributed by atoms with van der Waals surface area (Å²) >= 11 is 7.47. The number of ether oxygens (including phenoxy) is 1. The minimum atomic E-state index is -4.09. The molecule has 1 heterocycles. The van der Waals surface area contributed by atoms with Gasteiger partial charge in [0.15, 0.2) is 0 Å². The van der Waals surface area contributed by atoms with Gasteiger partial charge in [-0.3, -0.25) is 4.79 Å². The second kappa shape index (κ2) is 9.46. The van der Waals surface area contributed by atoms with Gasteiger partial charge in [-0.05, 0) is 48.9 Å². The molecule has 0 aliphatic heterocycles. The Kier molecular flexibility index (Phi) is 6.64. The highest BCUT2D eigenvalue weighted by atomic mass is 35.5. The summed E-state index contributed by atoms with van der Waals surface area (Å²) in [5.41, 5.74) is 0.652. The number of hydrogen-bond acceptors (Lipinski definition) is 6. The molecule has 0 unspecified atom stereocenters. The fourth-order valence-electron chi connectivity index (χ4n) is 3.20. The molecule has 0 saturated heterocycles. The van der Waals surface area contributed by atoms with Crippen LogP contribution in [0.4, 0.5) is 5.95 Å². The average Bonchev–Trinajstić information content (AvgIpc) is 2.80. The molecule has 10 heteroatoms. The summed E-state index contributed by atoms with van der Waals surface area (Å²) in [6, 6.07) is 19.2. The van der Waals surface area contributed by atoms with Crippen LogP contribution in [-0.4, -0.2) is 23.9 Å². The summed E-state index contributed by atoms with van der Waals surface area (Å²) in [7, 11) is -2.45. The van der Waals surface area contributed by atoms with Crippen LogP contribution in [0.2, 0.25) is 5.02 Å². The topological polar surface area (TPSA) is 90.3 Å². The van der Waals surface area contributed by atoms with Crippen LogP contribution >= 0.6 is 23.4 Å². The van der Waals surface area contributed by atoms with E-state index >= 15 is 0 Å². The van der Waals surface area contributed by atoms with E-state index in [9.17, 15) is 13.2 Å². The first-order valence-electron chi connectivity index (χ1n) is 9.85. The van der Waals surface area contributed by atoms with Crippen LogP contribution in [0.15, 0.2) is 81.3 Å². The standard InChI is InChI=1S/C23H20ClN3O4S2/c1-15-12-21(20(13-18(15)24)32-14-31-16-8-4-3-5-9-16)33(29,30)26-23-25-22(28)17-10-6-7-11-19(17)27(23)2/h3-13H,14H2,1-2H3,(H,25,26,28). The van der Waals surface area contributed by atoms with Crippen molar-refractivity contribution in [2.45, 2.75) is 16.7 Å². The van der Waals surface area contributed by atoms with Crippen LogP contribution in [0.25, 0.3) is 10.9 Å². The number of halogens is 1. The zero-order valence-corrected chi connectivity index (χ0v) is 20.2. The number of hydrogen-bond donors (Lipinski definition) is 1. The molecular formula is C23H20ClN3O4S2. The molecule has 7 nitrogen and oxygen atoms in total. The second-order valence-corrected chi connectivity index (χ2v) is 10.2. The van der Waals surface area contributed by atoms with Crippen LogP contribution in [0, 0.1) is 6.92 Å². The van der Waals surface area contributed by atoms with E-state index in [2.05, 4.69) is 9.71 Å². The number of fused-ring (bicyclic) bond motifs is 1.